The number of anilines is 1. The van der Waals surface area contributed by atoms with E-state index in [0.717, 1.165) is 22.0 Å². The highest BCUT2D eigenvalue weighted by Gasteiger charge is 2.26. The van der Waals surface area contributed by atoms with E-state index in [9.17, 15) is 9.59 Å². The van der Waals surface area contributed by atoms with Crippen LogP contribution in [0.4, 0.5) is 5.82 Å². The summed E-state index contributed by atoms with van der Waals surface area (Å²) < 4.78 is 17.4. The Kier molecular flexibility index (Phi) is 6.68. The van der Waals surface area contributed by atoms with E-state index in [4.69, 9.17) is 19.2 Å². The number of fused-ring (bicyclic) bond motifs is 1. The van der Waals surface area contributed by atoms with Gasteiger partial charge in [-0.05, 0) is 50.1 Å². The number of rotatable bonds is 7. The number of carbonyl (C=O) groups excluding carboxylic acids is 2. The summed E-state index contributed by atoms with van der Waals surface area (Å²) in [5.41, 5.74) is 3.05. The lowest BCUT2D eigenvalue weighted by Gasteiger charge is -2.15. The lowest BCUT2D eigenvalue weighted by molar-refractivity contribution is 0.0527. The van der Waals surface area contributed by atoms with Gasteiger partial charge in [-0.15, -0.1) is 0 Å². The number of carbonyl (C=O) groups is 2. The van der Waals surface area contributed by atoms with E-state index in [-0.39, 0.29) is 23.6 Å². The number of esters is 1. The molecule has 4 aromatic rings. The molecule has 0 saturated carbocycles. The standard InChI is InChI=1S/C26H26N4O5/c1-6-35-26(32)18-14-27-30(21-13-16(3)17-10-7-9-15(2)23(17)28-21)24(18)29-25(31)22-19(33-4)11-8-12-20(22)34-5/h7-14H,6H2,1-5H3,(H,29,31). The Bertz CT molecular complexity index is 1400. The number of hydrogen-bond acceptors (Lipinski definition) is 7. The molecule has 2 aromatic heterocycles. The van der Waals surface area contributed by atoms with Gasteiger partial charge in [-0.2, -0.15) is 9.78 Å². The van der Waals surface area contributed by atoms with E-state index in [1.54, 1.807) is 25.1 Å². The minimum absolute atomic E-state index is 0.0957. The van der Waals surface area contributed by atoms with Gasteiger partial charge in [0.2, 0.25) is 0 Å². The summed E-state index contributed by atoms with van der Waals surface area (Å²) in [5, 5.41) is 8.19. The Morgan fingerprint density at radius 1 is 1.00 bits per heavy atom. The van der Waals surface area contributed by atoms with Gasteiger partial charge in [0.05, 0.1) is 32.5 Å². The molecule has 0 fully saturated rings. The van der Waals surface area contributed by atoms with Crippen molar-refractivity contribution in [1.29, 1.82) is 0 Å². The second-order valence-corrected chi connectivity index (χ2v) is 7.80. The Balaban J connectivity index is 1.87. The van der Waals surface area contributed by atoms with Crippen LogP contribution in [0.25, 0.3) is 16.7 Å². The van der Waals surface area contributed by atoms with Gasteiger partial charge in [0.15, 0.2) is 11.6 Å². The molecule has 0 atom stereocenters. The lowest BCUT2D eigenvalue weighted by Crippen LogP contribution is -2.20. The topological polar surface area (TPSA) is 105 Å². The fourth-order valence-electron chi connectivity index (χ4n) is 3.90. The zero-order chi connectivity index (χ0) is 25.1. The minimum atomic E-state index is -0.616. The Labute approximate surface area is 202 Å². The third-order valence-corrected chi connectivity index (χ3v) is 5.60. The van der Waals surface area contributed by atoms with Gasteiger partial charge >= 0.3 is 5.97 Å². The van der Waals surface area contributed by atoms with Gasteiger partial charge < -0.3 is 19.5 Å². The second-order valence-electron chi connectivity index (χ2n) is 7.80. The van der Waals surface area contributed by atoms with Crippen LogP contribution in [-0.4, -0.2) is 47.5 Å². The first-order chi connectivity index (χ1) is 16.9. The number of para-hydroxylation sites is 1. The summed E-state index contributed by atoms with van der Waals surface area (Å²) in [6, 6.07) is 12.8. The molecule has 180 valence electrons. The summed E-state index contributed by atoms with van der Waals surface area (Å²) in [6.07, 6.45) is 1.35. The SMILES string of the molecule is CCOC(=O)c1cnn(-c2cc(C)c3cccc(C)c3n2)c1NC(=O)c1c(OC)cccc1OC. The molecule has 0 aliphatic heterocycles. The number of methoxy groups -OCH3 is 2. The molecule has 2 aromatic carbocycles. The smallest absolute Gasteiger partial charge is 0.343 e. The van der Waals surface area contributed by atoms with Gasteiger partial charge in [0, 0.05) is 5.39 Å². The van der Waals surface area contributed by atoms with Gasteiger partial charge in [-0.1, -0.05) is 24.3 Å². The molecular formula is C26H26N4O5. The van der Waals surface area contributed by atoms with E-state index < -0.39 is 11.9 Å². The quantitative estimate of drug-likeness (QED) is 0.394. The lowest BCUT2D eigenvalue weighted by atomic mass is 10.1. The fourth-order valence-corrected chi connectivity index (χ4v) is 3.90. The highest BCUT2D eigenvalue weighted by molar-refractivity contribution is 6.10. The van der Waals surface area contributed by atoms with Crippen LogP contribution in [0.5, 0.6) is 11.5 Å². The van der Waals surface area contributed by atoms with Crippen molar-refractivity contribution >= 4 is 28.6 Å². The normalized spacial score (nSPS) is 10.8. The van der Waals surface area contributed by atoms with Crippen LogP contribution in [0.1, 0.15) is 38.8 Å². The minimum Gasteiger partial charge on any atom is -0.496 e. The van der Waals surface area contributed by atoms with Gasteiger partial charge in [0.1, 0.15) is 22.6 Å². The van der Waals surface area contributed by atoms with E-state index in [2.05, 4.69) is 10.4 Å². The van der Waals surface area contributed by atoms with Crippen LogP contribution >= 0.6 is 0 Å². The van der Waals surface area contributed by atoms with Crippen molar-refractivity contribution in [3.05, 3.63) is 70.9 Å². The van der Waals surface area contributed by atoms with Crippen LogP contribution in [0.2, 0.25) is 0 Å². The van der Waals surface area contributed by atoms with Gasteiger partial charge in [-0.3, -0.25) is 4.79 Å². The maximum absolute atomic E-state index is 13.4. The number of benzene rings is 2. The number of pyridine rings is 1. The average Bonchev–Trinajstić information content (AvgIpc) is 3.27. The molecule has 0 aliphatic carbocycles. The fraction of sp³-hybridized carbons (Fsp3) is 0.231. The zero-order valence-electron chi connectivity index (χ0n) is 20.2. The zero-order valence-corrected chi connectivity index (χ0v) is 20.2. The maximum Gasteiger partial charge on any atom is 0.343 e. The molecule has 9 nitrogen and oxygen atoms in total. The van der Waals surface area contributed by atoms with Gasteiger partial charge in [0.25, 0.3) is 5.91 Å². The number of amides is 1. The summed E-state index contributed by atoms with van der Waals surface area (Å²) in [7, 11) is 2.92. The Morgan fingerprint density at radius 3 is 2.34 bits per heavy atom. The number of nitrogens with zero attached hydrogens (tertiary/aromatic N) is 3. The van der Waals surface area contributed by atoms with Gasteiger partial charge in [-0.25, -0.2) is 9.78 Å². The average molecular weight is 475 g/mol. The molecule has 1 amide bonds. The maximum atomic E-state index is 13.4. The van der Waals surface area contributed by atoms with Crippen LogP contribution in [0, 0.1) is 13.8 Å². The van der Waals surface area contributed by atoms with Crippen LogP contribution in [0.3, 0.4) is 0 Å². The largest absolute Gasteiger partial charge is 0.496 e. The number of aryl methyl sites for hydroxylation is 2. The summed E-state index contributed by atoms with van der Waals surface area (Å²) >= 11 is 0. The van der Waals surface area contributed by atoms with Crippen molar-refractivity contribution in [2.24, 2.45) is 0 Å². The molecule has 0 aliphatic rings. The Hall–Kier alpha value is -4.40. The highest BCUT2D eigenvalue weighted by Crippen LogP contribution is 2.31. The van der Waals surface area contributed by atoms with Crippen LogP contribution in [0.15, 0.2) is 48.7 Å². The van der Waals surface area contributed by atoms with Crippen molar-refractivity contribution in [3.63, 3.8) is 0 Å². The van der Waals surface area contributed by atoms with E-state index in [0.29, 0.717) is 17.3 Å². The van der Waals surface area contributed by atoms with Crippen molar-refractivity contribution in [3.8, 4) is 17.3 Å². The van der Waals surface area contributed by atoms with E-state index >= 15 is 0 Å². The number of ether oxygens (including phenoxy) is 3. The van der Waals surface area contributed by atoms with Crippen molar-refractivity contribution in [2.75, 3.05) is 26.1 Å². The molecule has 4 rings (SSSR count). The summed E-state index contributed by atoms with van der Waals surface area (Å²) in [4.78, 5) is 30.9. The number of aromatic nitrogens is 3. The molecular weight excluding hydrogens is 448 g/mol. The molecule has 35 heavy (non-hydrogen) atoms. The molecule has 1 N–H and O–H groups in total. The molecule has 0 bridgehead atoms. The van der Waals surface area contributed by atoms with Crippen molar-refractivity contribution < 1.29 is 23.8 Å². The van der Waals surface area contributed by atoms with Crippen LogP contribution in [-0.2, 0) is 4.74 Å². The van der Waals surface area contributed by atoms with Crippen molar-refractivity contribution in [1.82, 2.24) is 14.8 Å². The molecule has 0 spiro atoms. The molecule has 0 saturated heterocycles. The summed E-state index contributed by atoms with van der Waals surface area (Å²) in [6.45, 7) is 5.82. The van der Waals surface area contributed by atoms with E-state index in [1.165, 1.54) is 25.1 Å². The first-order valence-electron chi connectivity index (χ1n) is 11.0. The third-order valence-electron chi connectivity index (χ3n) is 5.60. The molecule has 2 heterocycles. The second kappa shape index (κ2) is 9.84. The predicted molar refractivity (Wildman–Crippen MR) is 132 cm³/mol. The van der Waals surface area contributed by atoms with Crippen LogP contribution < -0.4 is 14.8 Å². The molecule has 0 radical (unpaired) electrons. The summed E-state index contributed by atoms with van der Waals surface area (Å²) in [5.74, 6) is 0.0557. The number of hydrogen-bond donors (Lipinski definition) is 1. The third kappa shape index (κ3) is 4.40. The highest BCUT2D eigenvalue weighted by atomic mass is 16.5. The number of nitrogens with one attached hydrogen (secondary N) is 1. The monoisotopic (exact) mass is 474 g/mol. The Morgan fingerprint density at radius 2 is 1.69 bits per heavy atom. The first-order valence-corrected chi connectivity index (χ1v) is 11.0. The first kappa shape index (κ1) is 23.7. The van der Waals surface area contributed by atoms with E-state index in [1.807, 2.05) is 38.1 Å². The van der Waals surface area contributed by atoms with Crippen molar-refractivity contribution in [2.45, 2.75) is 20.8 Å². The molecule has 9 heteroatoms. The molecule has 0 unspecified atom stereocenters. The predicted octanol–water partition coefficient (Wildman–Crippen LogP) is 4.48.